The molecule has 0 fully saturated rings. The van der Waals surface area contributed by atoms with Crippen molar-refractivity contribution in [3.05, 3.63) is 34.4 Å². The van der Waals surface area contributed by atoms with Crippen molar-refractivity contribution >= 4 is 5.91 Å². The molecule has 0 aliphatic carbocycles. The predicted molar refractivity (Wildman–Crippen MR) is 58.6 cm³/mol. The number of hydrogen-bond donors (Lipinski definition) is 1. The second kappa shape index (κ2) is 4.61. The van der Waals surface area contributed by atoms with E-state index in [2.05, 4.69) is 5.32 Å². The Bertz CT molecular complexity index is 430. The zero-order chi connectivity index (χ0) is 11.4. The summed E-state index contributed by atoms with van der Waals surface area (Å²) in [5.41, 5.74) is 3.84. The standard InChI is InChI=1S/C12H14N2O/c1-8-6-10(3)11(7-9(8)2)12(15)14-5-4-13/h6-7H,5H2,1-3H3,(H,14,15). The van der Waals surface area contributed by atoms with Gasteiger partial charge >= 0.3 is 0 Å². The molecule has 0 aliphatic heterocycles. The second-order valence-electron chi connectivity index (χ2n) is 3.59. The number of nitrogens with zero attached hydrogens (tertiary/aromatic N) is 1. The molecule has 3 heteroatoms. The number of benzene rings is 1. The highest BCUT2D eigenvalue weighted by Crippen LogP contribution is 2.14. The van der Waals surface area contributed by atoms with Gasteiger partial charge in [-0.25, -0.2) is 0 Å². The molecule has 78 valence electrons. The molecule has 0 heterocycles. The normalized spacial score (nSPS) is 9.47. The van der Waals surface area contributed by atoms with Crippen LogP contribution in [0.5, 0.6) is 0 Å². The molecule has 0 radical (unpaired) electrons. The van der Waals surface area contributed by atoms with Crippen LogP contribution in [0.25, 0.3) is 0 Å². The lowest BCUT2D eigenvalue weighted by molar-refractivity contribution is 0.0958. The van der Waals surface area contributed by atoms with Gasteiger partial charge < -0.3 is 5.32 Å². The molecule has 0 aromatic heterocycles. The number of nitriles is 1. The minimum Gasteiger partial charge on any atom is -0.339 e. The molecular weight excluding hydrogens is 188 g/mol. The summed E-state index contributed by atoms with van der Waals surface area (Å²) in [4.78, 5) is 11.6. The van der Waals surface area contributed by atoms with E-state index in [1.165, 1.54) is 5.56 Å². The van der Waals surface area contributed by atoms with E-state index in [4.69, 9.17) is 5.26 Å². The number of hydrogen-bond acceptors (Lipinski definition) is 2. The maximum Gasteiger partial charge on any atom is 0.252 e. The fourth-order valence-corrected chi connectivity index (χ4v) is 1.42. The van der Waals surface area contributed by atoms with Gasteiger partial charge in [-0.1, -0.05) is 6.07 Å². The average molecular weight is 202 g/mol. The van der Waals surface area contributed by atoms with Crippen LogP contribution in [0.2, 0.25) is 0 Å². The maximum atomic E-state index is 11.6. The van der Waals surface area contributed by atoms with E-state index >= 15 is 0 Å². The lowest BCUT2D eigenvalue weighted by atomic mass is 10.0. The second-order valence-corrected chi connectivity index (χ2v) is 3.59. The zero-order valence-electron chi connectivity index (χ0n) is 9.22. The van der Waals surface area contributed by atoms with Gasteiger partial charge in [0, 0.05) is 5.56 Å². The Morgan fingerprint density at radius 3 is 2.47 bits per heavy atom. The molecule has 1 amide bonds. The fourth-order valence-electron chi connectivity index (χ4n) is 1.42. The van der Waals surface area contributed by atoms with Crippen molar-refractivity contribution in [1.82, 2.24) is 5.32 Å². The van der Waals surface area contributed by atoms with Gasteiger partial charge in [0.2, 0.25) is 0 Å². The third kappa shape index (κ3) is 2.57. The quantitative estimate of drug-likeness (QED) is 0.744. The summed E-state index contributed by atoms with van der Waals surface area (Å²) in [6.45, 7) is 5.92. The highest BCUT2D eigenvalue weighted by atomic mass is 16.1. The van der Waals surface area contributed by atoms with Crippen molar-refractivity contribution in [2.24, 2.45) is 0 Å². The van der Waals surface area contributed by atoms with Crippen LogP contribution >= 0.6 is 0 Å². The van der Waals surface area contributed by atoms with E-state index in [9.17, 15) is 4.79 Å². The SMILES string of the molecule is Cc1cc(C)c(C(=O)NCC#N)cc1C. The topological polar surface area (TPSA) is 52.9 Å². The molecule has 1 N–H and O–H groups in total. The van der Waals surface area contributed by atoms with Crippen molar-refractivity contribution in [3.63, 3.8) is 0 Å². The van der Waals surface area contributed by atoms with E-state index in [1.54, 1.807) is 0 Å². The van der Waals surface area contributed by atoms with E-state index in [0.29, 0.717) is 5.56 Å². The molecule has 0 saturated carbocycles. The number of carbonyl (C=O) groups excluding carboxylic acids is 1. The van der Waals surface area contributed by atoms with Crippen LogP contribution in [0, 0.1) is 32.1 Å². The van der Waals surface area contributed by atoms with Crippen molar-refractivity contribution in [3.8, 4) is 6.07 Å². The first-order chi connectivity index (χ1) is 7.06. The van der Waals surface area contributed by atoms with Crippen molar-refractivity contribution in [2.45, 2.75) is 20.8 Å². The summed E-state index contributed by atoms with van der Waals surface area (Å²) in [6.07, 6.45) is 0. The Labute approximate surface area is 89.7 Å². The van der Waals surface area contributed by atoms with Gasteiger partial charge in [-0.2, -0.15) is 5.26 Å². The predicted octanol–water partition coefficient (Wildman–Crippen LogP) is 1.87. The summed E-state index contributed by atoms with van der Waals surface area (Å²) in [6, 6.07) is 5.72. The molecule has 0 bridgehead atoms. The maximum absolute atomic E-state index is 11.6. The smallest absolute Gasteiger partial charge is 0.252 e. The first-order valence-electron chi connectivity index (χ1n) is 4.79. The van der Waals surface area contributed by atoms with Gasteiger partial charge in [0.25, 0.3) is 5.91 Å². The highest BCUT2D eigenvalue weighted by molar-refractivity contribution is 5.96. The third-order valence-corrected chi connectivity index (χ3v) is 2.41. The van der Waals surface area contributed by atoms with Gasteiger partial charge in [-0.3, -0.25) is 4.79 Å². The van der Waals surface area contributed by atoms with Crippen LogP contribution in [0.15, 0.2) is 12.1 Å². The van der Waals surface area contributed by atoms with Crippen LogP contribution in [0.3, 0.4) is 0 Å². The largest absolute Gasteiger partial charge is 0.339 e. The van der Waals surface area contributed by atoms with Crippen molar-refractivity contribution < 1.29 is 4.79 Å². The summed E-state index contributed by atoms with van der Waals surface area (Å²) >= 11 is 0. The molecule has 0 saturated heterocycles. The molecule has 0 aliphatic rings. The van der Waals surface area contributed by atoms with E-state index in [1.807, 2.05) is 39.0 Å². The molecule has 3 nitrogen and oxygen atoms in total. The lowest BCUT2D eigenvalue weighted by Crippen LogP contribution is -2.24. The molecule has 0 unspecified atom stereocenters. The van der Waals surface area contributed by atoms with Crippen LogP contribution in [0.4, 0.5) is 0 Å². The van der Waals surface area contributed by atoms with Crippen LogP contribution < -0.4 is 5.32 Å². The number of nitrogens with one attached hydrogen (secondary N) is 1. The van der Waals surface area contributed by atoms with Crippen molar-refractivity contribution in [2.75, 3.05) is 6.54 Å². The third-order valence-electron chi connectivity index (χ3n) is 2.41. The van der Waals surface area contributed by atoms with E-state index in [0.717, 1.165) is 11.1 Å². The minimum atomic E-state index is -0.183. The number of amides is 1. The van der Waals surface area contributed by atoms with Gasteiger partial charge in [-0.15, -0.1) is 0 Å². The van der Waals surface area contributed by atoms with E-state index < -0.39 is 0 Å². The fraction of sp³-hybridized carbons (Fsp3) is 0.333. The van der Waals surface area contributed by atoms with Crippen LogP contribution in [-0.2, 0) is 0 Å². The molecule has 0 spiro atoms. The summed E-state index contributed by atoms with van der Waals surface area (Å²) < 4.78 is 0. The molecule has 15 heavy (non-hydrogen) atoms. The molecule has 1 aromatic rings. The number of aryl methyl sites for hydroxylation is 3. The Morgan fingerprint density at radius 2 is 1.87 bits per heavy atom. The van der Waals surface area contributed by atoms with Gasteiger partial charge in [0.05, 0.1) is 6.07 Å². The number of rotatable bonds is 2. The first-order valence-corrected chi connectivity index (χ1v) is 4.79. The average Bonchev–Trinajstić information content (AvgIpc) is 2.20. The lowest BCUT2D eigenvalue weighted by Gasteiger charge is -2.08. The molecule has 1 rings (SSSR count). The summed E-state index contributed by atoms with van der Waals surface area (Å²) in [5, 5.41) is 10.9. The van der Waals surface area contributed by atoms with Crippen LogP contribution in [0.1, 0.15) is 27.0 Å². The highest BCUT2D eigenvalue weighted by Gasteiger charge is 2.09. The van der Waals surface area contributed by atoms with Gasteiger partial charge in [-0.05, 0) is 43.5 Å². The van der Waals surface area contributed by atoms with Gasteiger partial charge in [0.1, 0.15) is 6.54 Å². The molecular formula is C12H14N2O. The summed E-state index contributed by atoms with van der Waals surface area (Å²) in [7, 11) is 0. The Kier molecular flexibility index (Phi) is 3.46. The molecule has 0 atom stereocenters. The van der Waals surface area contributed by atoms with Crippen molar-refractivity contribution in [1.29, 1.82) is 5.26 Å². The Balaban J connectivity index is 3.00. The Hall–Kier alpha value is -1.82. The molecule has 1 aromatic carbocycles. The zero-order valence-corrected chi connectivity index (χ0v) is 9.22. The Morgan fingerprint density at radius 1 is 1.27 bits per heavy atom. The monoisotopic (exact) mass is 202 g/mol. The number of carbonyl (C=O) groups is 1. The summed E-state index contributed by atoms with van der Waals surface area (Å²) in [5.74, 6) is -0.183. The van der Waals surface area contributed by atoms with Crippen LogP contribution in [-0.4, -0.2) is 12.5 Å². The minimum absolute atomic E-state index is 0.0468. The van der Waals surface area contributed by atoms with Gasteiger partial charge in [0.15, 0.2) is 0 Å². The van der Waals surface area contributed by atoms with E-state index in [-0.39, 0.29) is 12.5 Å². The first kappa shape index (κ1) is 11.3.